The van der Waals surface area contributed by atoms with Gasteiger partial charge in [-0.05, 0) is 32.9 Å². The largest absolute Gasteiger partial charge is 0.444 e. The fourth-order valence-electron chi connectivity index (χ4n) is 1.58. The number of ether oxygens (including phenoxy) is 1. The van der Waals surface area contributed by atoms with Crippen LogP contribution in [0.3, 0.4) is 0 Å². The zero-order valence-corrected chi connectivity index (χ0v) is 11.6. The second kappa shape index (κ2) is 5.32. The second-order valence-electron chi connectivity index (χ2n) is 5.25. The first-order chi connectivity index (χ1) is 9.35. The van der Waals surface area contributed by atoms with Gasteiger partial charge in [-0.15, -0.1) is 0 Å². The summed E-state index contributed by atoms with van der Waals surface area (Å²) in [5.41, 5.74) is 0.165. The molecule has 106 valence electrons. The number of benzene rings is 1. The van der Waals surface area contributed by atoms with Crippen molar-refractivity contribution >= 4 is 11.8 Å². The first kappa shape index (κ1) is 14.0. The topological polar surface area (TPSA) is 56.1 Å². The molecule has 20 heavy (non-hydrogen) atoms. The molecule has 0 aliphatic heterocycles. The second-order valence-corrected chi connectivity index (χ2v) is 5.25. The number of anilines is 1. The summed E-state index contributed by atoms with van der Waals surface area (Å²) in [7, 11) is 0. The average Bonchev–Trinajstić information content (AvgIpc) is 2.75. The summed E-state index contributed by atoms with van der Waals surface area (Å²) in [5.74, 6) is -0.389. The van der Waals surface area contributed by atoms with E-state index >= 15 is 0 Å². The van der Waals surface area contributed by atoms with E-state index < -0.39 is 11.7 Å². The molecular formula is C14H16FN3O2. The van der Waals surface area contributed by atoms with Crippen molar-refractivity contribution in [3.63, 3.8) is 0 Å². The molecule has 2 rings (SSSR count). The molecule has 6 heteroatoms. The molecule has 1 heterocycles. The first-order valence-corrected chi connectivity index (χ1v) is 6.15. The van der Waals surface area contributed by atoms with Gasteiger partial charge in [0.25, 0.3) is 0 Å². The third-order valence-electron chi connectivity index (χ3n) is 2.33. The molecule has 0 aliphatic carbocycles. The minimum Gasteiger partial charge on any atom is -0.444 e. The molecule has 0 fully saturated rings. The average molecular weight is 277 g/mol. The third-order valence-corrected chi connectivity index (χ3v) is 2.33. The van der Waals surface area contributed by atoms with Gasteiger partial charge in [-0.3, -0.25) is 5.32 Å². The van der Waals surface area contributed by atoms with Crippen molar-refractivity contribution in [2.75, 3.05) is 5.32 Å². The molecule has 0 spiro atoms. The maximum atomic E-state index is 13.6. The molecule has 1 aromatic carbocycles. The van der Waals surface area contributed by atoms with E-state index in [4.69, 9.17) is 4.74 Å². The SMILES string of the molecule is CC(C)(C)OC(=O)Nc1cnn(-c2ccccc2F)c1. The first-order valence-electron chi connectivity index (χ1n) is 6.15. The number of hydrogen-bond donors (Lipinski definition) is 1. The van der Waals surface area contributed by atoms with Gasteiger partial charge < -0.3 is 4.74 Å². The lowest BCUT2D eigenvalue weighted by Crippen LogP contribution is -2.27. The van der Waals surface area contributed by atoms with Crippen LogP contribution in [-0.2, 0) is 4.74 Å². The summed E-state index contributed by atoms with van der Waals surface area (Å²) in [5, 5.41) is 6.54. The highest BCUT2D eigenvalue weighted by atomic mass is 19.1. The number of hydrogen-bond acceptors (Lipinski definition) is 3. The Morgan fingerprint density at radius 2 is 2.05 bits per heavy atom. The van der Waals surface area contributed by atoms with Crippen LogP contribution in [-0.4, -0.2) is 21.5 Å². The molecule has 1 N–H and O–H groups in total. The van der Waals surface area contributed by atoms with Crippen LogP contribution in [0, 0.1) is 5.82 Å². The van der Waals surface area contributed by atoms with E-state index in [1.165, 1.54) is 23.1 Å². The van der Waals surface area contributed by atoms with Gasteiger partial charge in [0.15, 0.2) is 0 Å². The van der Waals surface area contributed by atoms with Crippen molar-refractivity contribution in [2.24, 2.45) is 0 Å². The zero-order chi connectivity index (χ0) is 14.8. The summed E-state index contributed by atoms with van der Waals surface area (Å²) in [4.78, 5) is 11.6. The number of nitrogens with one attached hydrogen (secondary N) is 1. The number of carbonyl (C=O) groups excluding carboxylic acids is 1. The number of carbonyl (C=O) groups is 1. The van der Waals surface area contributed by atoms with Crippen molar-refractivity contribution in [3.8, 4) is 5.69 Å². The Balaban J connectivity index is 2.10. The lowest BCUT2D eigenvalue weighted by molar-refractivity contribution is 0.0636. The summed E-state index contributed by atoms with van der Waals surface area (Å²) < 4.78 is 20.1. The van der Waals surface area contributed by atoms with E-state index in [1.54, 1.807) is 39.0 Å². The van der Waals surface area contributed by atoms with E-state index in [1.807, 2.05) is 0 Å². The highest BCUT2D eigenvalue weighted by Crippen LogP contribution is 2.16. The van der Waals surface area contributed by atoms with Gasteiger partial charge in [0.1, 0.15) is 17.1 Å². The van der Waals surface area contributed by atoms with E-state index in [0.29, 0.717) is 11.4 Å². The Labute approximate surface area is 116 Å². The molecule has 1 aromatic heterocycles. The number of amides is 1. The van der Waals surface area contributed by atoms with Crippen LogP contribution in [0.4, 0.5) is 14.9 Å². The lowest BCUT2D eigenvalue weighted by atomic mass is 10.2. The number of aromatic nitrogens is 2. The fourth-order valence-corrected chi connectivity index (χ4v) is 1.58. The highest BCUT2D eigenvalue weighted by molar-refractivity contribution is 5.84. The summed E-state index contributed by atoms with van der Waals surface area (Å²) in [6.07, 6.45) is 2.36. The van der Waals surface area contributed by atoms with Crippen LogP contribution in [0.2, 0.25) is 0 Å². The van der Waals surface area contributed by atoms with Gasteiger partial charge in [-0.25, -0.2) is 13.9 Å². The molecule has 0 unspecified atom stereocenters. The minimum absolute atomic E-state index is 0.310. The van der Waals surface area contributed by atoms with Gasteiger partial charge in [-0.1, -0.05) is 12.1 Å². The van der Waals surface area contributed by atoms with E-state index in [2.05, 4.69) is 10.4 Å². The van der Waals surface area contributed by atoms with Crippen LogP contribution in [0.1, 0.15) is 20.8 Å². The molecule has 0 aliphatic rings. The van der Waals surface area contributed by atoms with Crippen LogP contribution in [0.25, 0.3) is 5.69 Å². The predicted molar refractivity (Wildman–Crippen MR) is 73.4 cm³/mol. The molecule has 0 saturated carbocycles. The molecule has 1 amide bonds. The monoisotopic (exact) mass is 277 g/mol. The van der Waals surface area contributed by atoms with Crippen molar-refractivity contribution in [1.82, 2.24) is 9.78 Å². The van der Waals surface area contributed by atoms with Gasteiger partial charge in [-0.2, -0.15) is 5.10 Å². The fraction of sp³-hybridized carbons (Fsp3) is 0.286. The Kier molecular flexibility index (Phi) is 3.74. The maximum absolute atomic E-state index is 13.6. The Hall–Kier alpha value is -2.37. The number of rotatable bonds is 2. The van der Waals surface area contributed by atoms with Crippen LogP contribution in [0.15, 0.2) is 36.7 Å². The lowest BCUT2D eigenvalue weighted by Gasteiger charge is -2.19. The summed E-state index contributed by atoms with van der Waals surface area (Å²) in [6.45, 7) is 5.32. The molecule has 5 nitrogen and oxygen atoms in total. The van der Waals surface area contributed by atoms with Crippen LogP contribution >= 0.6 is 0 Å². The van der Waals surface area contributed by atoms with Crippen molar-refractivity contribution in [2.45, 2.75) is 26.4 Å². The van der Waals surface area contributed by atoms with Crippen molar-refractivity contribution in [1.29, 1.82) is 0 Å². The Morgan fingerprint density at radius 3 is 2.70 bits per heavy atom. The quantitative estimate of drug-likeness (QED) is 0.915. The highest BCUT2D eigenvalue weighted by Gasteiger charge is 2.16. The molecule has 0 atom stereocenters. The van der Waals surface area contributed by atoms with Gasteiger partial charge in [0.05, 0.1) is 18.1 Å². The normalized spacial score (nSPS) is 11.2. The Bertz CT molecular complexity index is 617. The molecule has 0 saturated heterocycles. The third kappa shape index (κ3) is 3.57. The van der Waals surface area contributed by atoms with Gasteiger partial charge >= 0.3 is 6.09 Å². The van der Waals surface area contributed by atoms with Crippen LogP contribution in [0.5, 0.6) is 0 Å². The molecule has 0 radical (unpaired) electrons. The van der Waals surface area contributed by atoms with E-state index in [9.17, 15) is 9.18 Å². The number of nitrogens with zero attached hydrogens (tertiary/aromatic N) is 2. The van der Waals surface area contributed by atoms with E-state index in [-0.39, 0.29) is 5.82 Å². The van der Waals surface area contributed by atoms with Crippen molar-refractivity contribution in [3.05, 3.63) is 42.5 Å². The molecule has 0 bridgehead atoms. The van der Waals surface area contributed by atoms with Crippen molar-refractivity contribution < 1.29 is 13.9 Å². The standard InChI is InChI=1S/C14H16FN3O2/c1-14(2,3)20-13(19)17-10-8-16-18(9-10)12-7-5-4-6-11(12)15/h4-9H,1-3H3,(H,17,19). The van der Waals surface area contributed by atoms with E-state index in [0.717, 1.165) is 0 Å². The minimum atomic E-state index is -0.578. The predicted octanol–water partition coefficient (Wildman–Crippen LogP) is 3.36. The summed E-state index contributed by atoms with van der Waals surface area (Å²) in [6, 6.07) is 6.25. The molecular weight excluding hydrogens is 261 g/mol. The number of halogens is 1. The number of para-hydroxylation sites is 1. The maximum Gasteiger partial charge on any atom is 0.412 e. The Morgan fingerprint density at radius 1 is 1.35 bits per heavy atom. The summed E-state index contributed by atoms with van der Waals surface area (Å²) >= 11 is 0. The van der Waals surface area contributed by atoms with Gasteiger partial charge in [0.2, 0.25) is 0 Å². The smallest absolute Gasteiger partial charge is 0.412 e. The molecule has 2 aromatic rings. The van der Waals surface area contributed by atoms with Gasteiger partial charge in [0, 0.05) is 0 Å². The van der Waals surface area contributed by atoms with Crippen LogP contribution < -0.4 is 5.32 Å². The zero-order valence-electron chi connectivity index (χ0n) is 11.6.